The van der Waals surface area contributed by atoms with Crippen molar-refractivity contribution in [1.82, 2.24) is 10.2 Å². The van der Waals surface area contributed by atoms with E-state index in [2.05, 4.69) is 33.9 Å². The van der Waals surface area contributed by atoms with Crippen molar-refractivity contribution in [2.45, 2.75) is 19.5 Å². The van der Waals surface area contributed by atoms with Crippen molar-refractivity contribution in [2.24, 2.45) is 0 Å². The number of amides is 2. The van der Waals surface area contributed by atoms with Crippen molar-refractivity contribution < 1.29 is 9.59 Å². The van der Waals surface area contributed by atoms with Gasteiger partial charge in [0.25, 0.3) is 0 Å². The number of benzene rings is 1. The molecule has 0 fully saturated rings. The molecule has 1 unspecified atom stereocenters. The van der Waals surface area contributed by atoms with Crippen molar-refractivity contribution in [3.8, 4) is 0 Å². The normalized spacial score (nSPS) is 11.8. The van der Waals surface area contributed by atoms with E-state index in [1.54, 1.807) is 11.9 Å². The van der Waals surface area contributed by atoms with Crippen molar-refractivity contribution in [3.05, 3.63) is 34.3 Å². The topological polar surface area (TPSA) is 49.4 Å². The lowest BCUT2D eigenvalue weighted by atomic mass is 10.2. The lowest BCUT2D eigenvalue weighted by molar-refractivity contribution is -0.134. The molecular weight excluding hydrogens is 328 g/mol. The van der Waals surface area contributed by atoms with Crippen LogP contribution in [-0.2, 0) is 16.1 Å². The zero-order chi connectivity index (χ0) is 14.4. The summed E-state index contributed by atoms with van der Waals surface area (Å²) in [7, 11) is 1.71. The SMILES string of the molecule is CC(=O)NC(CS)C(=O)N(C)Cc1cccc(Br)c1. The predicted octanol–water partition coefficient (Wildman–Crippen LogP) is 1.84. The summed E-state index contributed by atoms with van der Waals surface area (Å²) in [6, 6.07) is 7.17. The van der Waals surface area contributed by atoms with Gasteiger partial charge in [0.2, 0.25) is 11.8 Å². The molecule has 0 radical (unpaired) electrons. The number of halogens is 1. The van der Waals surface area contributed by atoms with Crippen LogP contribution in [0.15, 0.2) is 28.7 Å². The quantitative estimate of drug-likeness (QED) is 0.800. The third-order valence-corrected chi connectivity index (χ3v) is 3.40. The molecule has 0 aliphatic rings. The van der Waals surface area contributed by atoms with Crippen LogP contribution in [0.3, 0.4) is 0 Å². The lowest BCUT2D eigenvalue weighted by Gasteiger charge is -2.23. The maximum Gasteiger partial charge on any atom is 0.246 e. The first-order valence-electron chi connectivity index (χ1n) is 5.81. The third kappa shape index (κ3) is 5.24. The second kappa shape index (κ2) is 7.55. The summed E-state index contributed by atoms with van der Waals surface area (Å²) in [4.78, 5) is 24.8. The molecule has 0 bridgehead atoms. The van der Waals surface area contributed by atoms with E-state index in [0.29, 0.717) is 6.54 Å². The molecule has 1 rings (SSSR count). The number of carbonyl (C=O) groups excluding carboxylic acids is 2. The fourth-order valence-electron chi connectivity index (χ4n) is 1.68. The Morgan fingerprint density at radius 1 is 1.47 bits per heavy atom. The van der Waals surface area contributed by atoms with E-state index in [4.69, 9.17) is 0 Å². The first-order chi connectivity index (χ1) is 8.93. The Morgan fingerprint density at radius 3 is 2.68 bits per heavy atom. The molecule has 1 N–H and O–H groups in total. The molecule has 19 heavy (non-hydrogen) atoms. The summed E-state index contributed by atoms with van der Waals surface area (Å²) >= 11 is 7.49. The Labute approximate surface area is 127 Å². The van der Waals surface area contributed by atoms with Crippen molar-refractivity contribution in [1.29, 1.82) is 0 Å². The van der Waals surface area contributed by atoms with Gasteiger partial charge in [0.15, 0.2) is 0 Å². The van der Waals surface area contributed by atoms with E-state index in [-0.39, 0.29) is 17.6 Å². The Kier molecular flexibility index (Phi) is 6.37. The Hall–Kier alpha value is -1.01. The molecule has 0 saturated carbocycles. The van der Waals surface area contributed by atoms with E-state index in [1.165, 1.54) is 6.92 Å². The highest BCUT2D eigenvalue weighted by atomic mass is 79.9. The fraction of sp³-hybridized carbons (Fsp3) is 0.385. The van der Waals surface area contributed by atoms with Gasteiger partial charge in [-0.3, -0.25) is 9.59 Å². The van der Waals surface area contributed by atoms with Crippen LogP contribution in [0.25, 0.3) is 0 Å². The van der Waals surface area contributed by atoms with Crippen LogP contribution >= 0.6 is 28.6 Å². The van der Waals surface area contributed by atoms with Gasteiger partial charge in [-0.05, 0) is 17.7 Å². The molecule has 4 nitrogen and oxygen atoms in total. The molecule has 0 saturated heterocycles. The number of thiol groups is 1. The summed E-state index contributed by atoms with van der Waals surface area (Å²) in [6.07, 6.45) is 0. The van der Waals surface area contributed by atoms with Gasteiger partial charge >= 0.3 is 0 Å². The molecule has 0 heterocycles. The molecule has 0 spiro atoms. The van der Waals surface area contributed by atoms with Crippen LogP contribution in [0.2, 0.25) is 0 Å². The molecule has 1 aromatic carbocycles. The van der Waals surface area contributed by atoms with Crippen LogP contribution in [0, 0.1) is 0 Å². The molecule has 0 aromatic heterocycles. The Morgan fingerprint density at radius 2 is 2.16 bits per heavy atom. The summed E-state index contributed by atoms with van der Waals surface area (Å²) in [5.74, 6) is -0.102. The van der Waals surface area contributed by atoms with E-state index in [1.807, 2.05) is 24.3 Å². The number of hydrogen-bond donors (Lipinski definition) is 2. The largest absolute Gasteiger partial charge is 0.344 e. The standard InChI is InChI=1S/C13H17BrN2O2S/c1-9(17)15-12(8-19)13(18)16(2)7-10-4-3-5-11(14)6-10/h3-6,12,19H,7-8H2,1-2H3,(H,15,17). The highest BCUT2D eigenvalue weighted by molar-refractivity contribution is 9.10. The monoisotopic (exact) mass is 344 g/mol. The molecule has 6 heteroatoms. The Balaban J connectivity index is 2.68. The number of nitrogens with one attached hydrogen (secondary N) is 1. The second-order valence-electron chi connectivity index (χ2n) is 4.26. The smallest absolute Gasteiger partial charge is 0.246 e. The van der Waals surface area contributed by atoms with Crippen LogP contribution < -0.4 is 5.32 Å². The molecule has 104 valence electrons. The van der Waals surface area contributed by atoms with Crippen molar-refractivity contribution in [3.63, 3.8) is 0 Å². The van der Waals surface area contributed by atoms with E-state index < -0.39 is 6.04 Å². The summed E-state index contributed by atoms with van der Waals surface area (Å²) in [5, 5.41) is 2.59. The number of nitrogens with zero attached hydrogens (tertiary/aromatic N) is 1. The highest BCUT2D eigenvalue weighted by Gasteiger charge is 2.21. The van der Waals surface area contributed by atoms with Gasteiger partial charge in [0, 0.05) is 30.7 Å². The maximum absolute atomic E-state index is 12.1. The fourth-order valence-corrected chi connectivity index (χ4v) is 2.38. The van der Waals surface area contributed by atoms with E-state index >= 15 is 0 Å². The predicted molar refractivity (Wildman–Crippen MR) is 82.1 cm³/mol. The van der Waals surface area contributed by atoms with Crippen LogP contribution in [0.1, 0.15) is 12.5 Å². The summed E-state index contributed by atoms with van der Waals surface area (Å²) in [5.41, 5.74) is 1.02. The average molecular weight is 345 g/mol. The molecule has 1 aromatic rings. The Bertz CT molecular complexity index is 468. The minimum atomic E-state index is -0.585. The van der Waals surface area contributed by atoms with E-state index in [9.17, 15) is 9.59 Å². The first kappa shape index (κ1) is 16.0. The highest BCUT2D eigenvalue weighted by Crippen LogP contribution is 2.13. The second-order valence-corrected chi connectivity index (χ2v) is 5.54. The number of rotatable bonds is 5. The molecular formula is C13H17BrN2O2S. The van der Waals surface area contributed by atoms with Crippen LogP contribution in [-0.4, -0.2) is 35.6 Å². The van der Waals surface area contributed by atoms with Gasteiger partial charge in [-0.2, -0.15) is 12.6 Å². The maximum atomic E-state index is 12.1. The number of hydrogen-bond acceptors (Lipinski definition) is 3. The number of carbonyl (C=O) groups is 2. The molecule has 2 amide bonds. The van der Waals surface area contributed by atoms with Crippen LogP contribution in [0.5, 0.6) is 0 Å². The average Bonchev–Trinajstić information content (AvgIpc) is 2.34. The molecule has 0 aliphatic heterocycles. The lowest BCUT2D eigenvalue weighted by Crippen LogP contribution is -2.47. The minimum absolute atomic E-state index is 0.148. The van der Waals surface area contributed by atoms with Gasteiger partial charge in [-0.1, -0.05) is 28.1 Å². The van der Waals surface area contributed by atoms with Gasteiger partial charge in [-0.15, -0.1) is 0 Å². The summed E-state index contributed by atoms with van der Waals surface area (Å²) in [6.45, 7) is 1.88. The van der Waals surface area contributed by atoms with Gasteiger partial charge in [-0.25, -0.2) is 0 Å². The van der Waals surface area contributed by atoms with Crippen molar-refractivity contribution in [2.75, 3.05) is 12.8 Å². The van der Waals surface area contributed by atoms with Gasteiger partial charge in [0.1, 0.15) is 6.04 Å². The zero-order valence-electron chi connectivity index (χ0n) is 10.9. The third-order valence-electron chi connectivity index (χ3n) is 2.54. The van der Waals surface area contributed by atoms with E-state index in [0.717, 1.165) is 10.0 Å². The van der Waals surface area contributed by atoms with Gasteiger partial charge in [0.05, 0.1) is 0 Å². The zero-order valence-corrected chi connectivity index (χ0v) is 13.4. The van der Waals surface area contributed by atoms with Crippen LogP contribution in [0.4, 0.5) is 0 Å². The summed E-state index contributed by atoms with van der Waals surface area (Å²) < 4.78 is 0.971. The van der Waals surface area contributed by atoms with Crippen molar-refractivity contribution >= 4 is 40.4 Å². The first-order valence-corrected chi connectivity index (χ1v) is 7.24. The van der Waals surface area contributed by atoms with Gasteiger partial charge < -0.3 is 10.2 Å². The molecule has 1 atom stereocenters. The molecule has 0 aliphatic carbocycles. The minimum Gasteiger partial charge on any atom is -0.344 e. The number of likely N-dealkylation sites (N-methyl/N-ethyl adjacent to an activating group) is 1.